The van der Waals surface area contributed by atoms with Crippen molar-refractivity contribution >= 4 is 22.5 Å². The maximum Gasteiger partial charge on any atom is 0.189 e. The molecule has 5 heteroatoms. The largest absolute Gasteiger partial charge is 0.457 e. The number of nitrogens with one attached hydrogen (secondary N) is 1. The van der Waals surface area contributed by atoms with E-state index < -0.39 is 0 Å². The van der Waals surface area contributed by atoms with E-state index in [0.29, 0.717) is 5.02 Å². The van der Waals surface area contributed by atoms with Crippen LogP contribution in [0.5, 0.6) is 11.5 Å². The van der Waals surface area contributed by atoms with Gasteiger partial charge in [0.2, 0.25) is 0 Å². The normalized spacial score (nSPS) is 18.8. The molecule has 0 spiro atoms. The van der Waals surface area contributed by atoms with Gasteiger partial charge in [0.05, 0.1) is 0 Å². The molecule has 1 saturated heterocycles. The van der Waals surface area contributed by atoms with Crippen LogP contribution in [0.2, 0.25) is 5.02 Å². The highest BCUT2D eigenvalue weighted by molar-refractivity contribution is 6.30. The maximum absolute atomic E-state index is 5.91. The van der Waals surface area contributed by atoms with E-state index >= 15 is 0 Å². The van der Waals surface area contributed by atoms with Crippen LogP contribution in [0.15, 0.2) is 72.8 Å². The van der Waals surface area contributed by atoms with Gasteiger partial charge in [-0.15, -0.1) is 0 Å². The molecule has 5 rings (SSSR count). The van der Waals surface area contributed by atoms with Crippen molar-refractivity contribution in [1.82, 2.24) is 4.98 Å². The molecule has 4 nitrogen and oxygen atoms in total. The summed E-state index contributed by atoms with van der Waals surface area (Å²) in [5.74, 6) is 1.53. The summed E-state index contributed by atoms with van der Waals surface area (Å²) in [4.78, 5) is 3.48. The molecule has 0 unspecified atom stereocenters. The molecule has 0 bridgehead atoms. The Balaban J connectivity index is 1.36. The number of hydrogen-bond acceptors (Lipinski definition) is 3. The van der Waals surface area contributed by atoms with Gasteiger partial charge in [-0.05, 0) is 73.2 Å². The van der Waals surface area contributed by atoms with Crippen molar-refractivity contribution in [3.05, 3.63) is 83.4 Å². The summed E-state index contributed by atoms with van der Waals surface area (Å²) in [5, 5.41) is 1.84. The van der Waals surface area contributed by atoms with Crippen molar-refractivity contribution in [2.45, 2.75) is 19.5 Å². The molecule has 1 aromatic heterocycles. The average Bonchev–Trinajstić information content (AvgIpc) is 3.11. The molecule has 2 heterocycles. The molecule has 0 saturated carbocycles. The first-order valence-electron chi connectivity index (χ1n) is 9.11. The first-order valence-corrected chi connectivity index (χ1v) is 9.49. The molecular formula is C23H18ClNO3. The van der Waals surface area contributed by atoms with Gasteiger partial charge in [-0.3, -0.25) is 0 Å². The summed E-state index contributed by atoms with van der Waals surface area (Å²) in [6, 6.07) is 23.6. The van der Waals surface area contributed by atoms with Crippen molar-refractivity contribution in [2.24, 2.45) is 0 Å². The van der Waals surface area contributed by atoms with Crippen LogP contribution in [0.3, 0.4) is 0 Å². The highest BCUT2D eigenvalue weighted by Gasteiger charge is 2.28. The summed E-state index contributed by atoms with van der Waals surface area (Å²) in [5.41, 5.74) is 4.21. The van der Waals surface area contributed by atoms with Gasteiger partial charge in [0.1, 0.15) is 11.5 Å². The highest BCUT2D eigenvalue weighted by Crippen LogP contribution is 2.34. The van der Waals surface area contributed by atoms with Gasteiger partial charge in [-0.25, -0.2) is 0 Å². The number of rotatable bonds is 4. The van der Waals surface area contributed by atoms with Crippen LogP contribution in [0.25, 0.3) is 22.2 Å². The lowest BCUT2D eigenvalue weighted by Crippen LogP contribution is -2.31. The van der Waals surface area contributed by atoms with Crippen molar-refractivity contribution in [2.75, 3.05) is 0 Å². The lowest BCUT2D eigenvalue weighted by atomic mass is 10.1. The van der Waals surface area contributed by atoms with Gasteiger partial charge < -0.3 is 19.2 Å². The lowest BCUT2D eigenvalue weighted by Gasteiger charge is -2.33. The summed E-state index contributed by atoms with van der Waals surface area (Å²) in [6.07, 6.45) is -0.399. The van der Waals surface area contributed by atoms with Crippen LogP contribution in [0.4, 0.5) is 0 Å². The summed E-state index contributed by atoms with van der Waals surface area (Å²) < 4.78 is 17.0. The third-order valence-electron chi connectivity index (χ3n) is 4.76. The second kappa shape index (κ2) is 6.99. The maximum atomic E-state index is 5.91. The molecule has 0 atom stereocenters. The quantitative estimate of drug-likeness (QED) is 0.422. The minimum atomic E-state index is -0.268. The molecule has 3 aromatic carbocycles. The van der Waals surface area contributed by atoms with E-state index in [2.05, 4.69) is 23.2 Å². The fourth-order valence-corrected chi connectivity index (χ4v) is 3.43. The number of benzene rings is 3. The molecule has 1 aliphatic heterocycles. The van der Waals surface area contributed by atoms with Crippen LogP contribution >= 0.6 is 11.6 Å². The SMILES string of the molecule is CC1OC(c2ccc3cc(-c4ccc(Oc5ccc(Cl)cc5)cc4)[nH]c3c2)O1. The summed E-state index contributed by atoms with van der Waals surface area (Å²) in [7, 11) is 0. The van der Waals surface area contributed by atoms with Gasteiger partial charge in [0.25, 0.3) is 0 Å². The minimum absolute atomic E-state index is 0.131. The number of ether oxygens (including phenoxy) is 3. The second-order valence-electron chi connectivity index (χ2n) is 6.78. The fourth-order valence-electron chi connectivity index (χ4n) is 3.30. The van der Waals surface area contributed by atoms with E-state index in [1.54, 1.807) is 0 Å². The minimum Gasteiger partial charge on any atom is -0.457 e. The third-order valence-corrected chi connectivity index (χ3v) is 5.02. The summed E-state index contributed by atoms with van der Waals surface area (Å²) >= 11 is 5.91. The van der Waals surface area contributed by atoms with E-state index in [1.807, 2.05) is 61.5 Å². The number of aromatic nitrogens is 1. The monoisotopic (exact) mass is 391 g/mol. The Hall–Kier alpha value is -2.79. The van der Waals surface area contributed by atoms with Crippen molar-refractivity contribution in [3.8, 4) is 22.8 Å². The smallest absolute Gasteiger partial charge is 0.189 e. The van der Waals surface area contributed by atoms with E-state index in [0.717, 1.165) is 39.2 Å². The topological polar surface area (TPSA) is 43.5 Å². The van der Waals surface area contributed by atoms with Crippen molar-refractivity contribution in [1.29, 1.82) is 0 Å². The third kappa shape index (κ3) is 3.38. The standard InChI is InChI=1S/C23H18ClNO3/c1-14-26-23(27-14)17-3-2-16-12-21(25-22(16)13-17)15-4-8-19(9-5-15)28-20-10-6-18(24)7-11-20/h2-14,23,25H,1H3. The zero-order chi connectivity index (χ0) is 19.1. The Kier molecular flexibility index (Phi) is 4.32. The van der Waals surface area contributed by atoms with Gasteiger partial charge in [-0.2, -0.15) is 0 Å². The molecule has 4 aromatic rings. The zero-order valence-electron chi connectivity index (χ0n) is 15.2. The van der Waals surface area contributed by atoms with Crippen LogP contribution < -0.4 is 4.74 Å². The van der Waals surface area contributed by atoms with Gasteiger partial charge in [0, 0.05) is 27.2 Å². The molecule has 0 radical (unpaired) electrons. The Labute approximate surface area is 167 Å². The Bertz CT molecular complexity index is 1110. The van der Waals surface area contributed by atoms with E-state index in [-0.39, 0.29) is 12.6 Å². The predicted octanol–water partition coefficient (Wildman–Crippen LogP) is 6.67. The number of aromatic amines is 1. The van der Waals surface area contributed by atoms with Crippen molar-refractivity contribution in [3.63, 3.8) is 0 Å². The molecule has 0 amide bonds. The molecule has 1 fully saturated rings. The van der Waals surface area contributed by atoms with Crippen LogP contribution in [0.1, 0.15) is 18.8 Å². The van der Waals surface area contributed by atoms with Crippen LogP contribution in [0, 0.1) is 0 Å². The Morgan fingerprint density at radius 3 is 2.21 bits per heavy atom. The molecule has 1 aliphatic rings. The first-order chi connectivity index (χ1) is 13.6. The van der Waals surface area contributed by atoms with Gasteiger partial charge in [-0.1, -0.05) is 23.7 Å². The Morgan fingerprint density at radius 1 is 0.857 bits per heavy atom. The number of fused-ring (bicyclic) bond motifs is 1. The van der Waals surface area contributed by atoms with E-state index in [9.17, 15) is 0 Å². The number of halogens is 1. The average molecular weight is 392 g/mol. The molecule has 140 valence electrons. The zero-order valence-corrected chi connectivity index (χ0v) is 15.9. The summed E-state index contributed by atoms with van der Waals surface area (Å²) in [6.45, 7) is 1.89. The van der Waals surface area contributed by atoms with Gasteiger partial charge in [0.15, 0.2) is 12.6 Å². The van der Waals surface area contributed by atoms with Crippen LogP contribution in [-0.4, -0.2) is 11.3 Å². The lowest BCUT2D eigenvalue weighted by molar-refractivity contribution is -0.382. The molecule has 0 aliphatic carbocycles. The second-order valence-corrected chi connectivity index (χ2v) is 7.22. The number of hydrogen-bond donors (Lipinski definition) is 1. The number of H-pyrrole nitrogens is 1. The predicted molar refractivity (Wildman–Crippen MR) is 110 cm³/mol. The molecule has 1 N–H and O–H groups in total. The molecule has 28 heavy (non-hydrogen) atoms. The van der Waals surface area contributed by atoms with E-state index in [4.69, 9.17) is 25.8 Å². The van der Waals surface area contributed by atoms with Crippen LogP contribution in [-0.2, 0) is 9.47 Å². The fraction of sp³-hybridized carbons (Fsp3) is 0.130. The van der Waals surface area contributed by atoms with E-state index in [1.165, 1.54) is 0 Å². The van der Waals surface area contributed by atoms with Crippen molar-refractivity contribution < 1.29 is 14.2 Å². The Morgan fingerprint density at radius 2 is 1.54 bits per heavy atom. The highest BCUT2D eigenvalue weighted by atomic mass is 35.5. The first kappa shape index (κ1) is 17.3. The molecular weight excluding hydrogens is 374 g/mol. The van der Waals surface area contributed by atoms with Gasteiger partial charge >= 0.3 is 0 Å².